The van der Waals surface area contributed by atoms with E-state index in [1.54, 1.807) is 12.5 Å². The summed E-state index contributed by atoms with van der Waals surface area (Å²) in [7, 11) is 1.70. The fourth-order valence-corrected chi connectivity index (χ4v) is 2.97. The van der Waals surface area contributed by atoms with Crippen LogP contribution in [-0.4, -0.2) is 42.9 Å². The topological polar surface area (TPSA) is 88.7 Å². The van der Waals surface area contributed by atoms with E-state index in [1.165, 1.54) is 11.3 Å². The Morgan fingerprint density at radius 1 is 1.83 bits per heavy atom. The van der Waals surface area contributed by atoms with Crippen LogP contribution in [0.2, 0.25) is 0 Å². The van der Waals surface area contributed by atoms with Crippen LogP contribution in [-0.2, 0) is 9.53 Å². The summed E-state index contributed by atoms with van der Waals surface area (Å²) >= 11 is 1.44. The molecule has 0 saturated carbocycles. The SMILES string of the molecule is COCC1CCN(c2nc(C(N)C(=O)O)cs2)C1. The second-order valence-electron chi connectivity index (χ2n) is 4.43. The summed E-state index contributed by atoms with van der Waals surface area (Å²) < 4.78 is 5.14. The Hall–Kier alpha value is -1.18. The van der Waals surface area contributed by atoms with Crippen molar-refractivity contribution in [1.82, 2.24) is 4.98 Å². The fraction of sp³-hybridized carbons (Fsp3) is 0.636. The number of methoxy groups -OCH3 is 1. The molecular formula is C11H17N3O3S. The minimum atomic E-state index is -1.05. The first-order valence-electron chi connectivity index (χ1n) is 5.79. The molecule has 1 fully saturated rings. The van der Waals surface area contributed by atoms with Gasteiger partial charge in [-0.05, 0) is 6.42 Å². The van der Waals surface area contributed by atoms with Crippen LogP contribution in [0.1, 0.15) is 18.2 Å². The Bertz CT molecular complexity index is 423. The largest absolute Gasteiger partial charge is 0.480 e. The number of carboxylic acids is 1. The first-order chi connectivity index (χ1) is 8.61. The molecule has 0 bridgehead atoms. The van der Waals surface area contributed by atoms with Gasteiger partial charge in [-0.25, -0.2) is 4.98 Å². The summed E-state index contributed by atoms with van der Waals surface area (Å²) in [6, 6.07) is -1.03. The average molecular weight is 271 g/mol. The van der Waals surface area contributed by atoms with Gasteiger partial charge in [0, 0.05) is 31.5 Å². The van der Waals surface area contributed by atoms with Crippen LogP contribution in [0.15, 0.2) is 5.38 Å². The second-order valence-corrected chi connectivity index (χ2v) is 5.26. The summed E-state index contributed by atoms with van der Waals surface area (Å²) in [5.41, 5.74) is 5.96. The molecule has 0 amide bonds. The third kappa shape index (κ3) is 2.80. The molecule has 0 spiro atoms. The second kappa shape index (κ2) is 5.64. The number of rotatable bonds is 5. The number of carbonyl (C=O) groups is 1. The predicted molar refractivity (Wildman–Crippen MR) is 68.9 cm³/mol. The van der Waals surface area contributed by atoms with Gasteiger partial charge in [-0.2, -0.15) is 0 Å². The van der Waals surface area contributed by atoms with E-state index >= 15 is 0 Å². The molecule has 18 heavy (non-hydrogen) atoms. The maximum atomic E-state index is 10.8. The van der Waals surface area contributed by atoms with E-state index in [9.17, 15) is 4.79 Å². The Labute approximate surface area is 109 Å². The number of hydrogen-bond acceptors (Lipinski definition) is 6. The monoisotopic (exact) mass is 271 g/mol. The van der Waals surface area contributed by atoms with E-state index in [4.69, 9.17) is 15.6 Å². The quantitative estimate of drug-likeness (QED) is 0.819. The predicted octanol–water partition coefficient (Wildman–Crippen LogP) is 0.700. The van der Waals surface area contributed by atoms with E-state index in [-0.39, 0.29) is 0 Å². The molecule has 2 heterocycles. The maximum Gasteiger partial charge on any atom is 0.326 e. The van der Waals surface area contributed by atoms with Crippen molar-refractivity contribution in [2.75, 3.05) is 31.7 Å². The van der Waals surface area contributed by atoms with Crippen molar-refractivity contribution in [1.29, 1.82) is 0 Å². The number of anilines is 1. The zero-order chi connectivity index (χ0) is 13.1. The number of hydrogen-bond donors (Lipinski definition) is 2. The molecule has 100 valence electrons. The Morgan fingerprint density at radius 2 is 2.61 bits per heavy atom. The van der Waals surface area contributed by atoms with Crippen molar-refractivity contribution in [2.45, 2.75) is 12.5 Å². The van der Waals surface area contributed by atoms with Crippen LogP contribution in [0.4, 0.5) is 5.13 Å². The van der Waals surface area contributed by atoms with Gasteiger partial charge in [-0.3, -0.25) is 4.79 Å². The van der Waals surface area contributed by atoms with Gasteiger partial charge < -0.3 is 20.5 Å². The van der Waals surface area contributed by atoms with Crippen LogP contribution in [0, 0.1) is 5.92 Å². The lowest BCUT2D eigenvalue weighted by Gasteiger charge is -2.14. The molecule has 7 heteroatoms. The van der Waals surface area contributed by atoms with Gasteiger partial charge in [-0.1, -0.05) is 0 Å². The maximum absolute atomic E-state index is 10.8. The summed E-state index contributed by atoms with van der Waals surface area (Å²) in [4.78, 5) is 17.2. The summed E-state index contributed by atoms with van der Waals surface area (Å²) in [5.74, 6) is -0.527. The molecule has 6 nitrogen and oxygen atoms in total. The van der Waals surface area contributed by atoms with Crippen LogP contribution < -0.4 is 10.6 Å². The van der Waals surface area contributed by atoms with E-state index < -0.39 is 12.0 Å². The van der Waals surface area contributed by atoms with E-state index in [1.807, 2.05) is 0 Å². The third-order valence-corrected chi connectivity index (χ3v) is 3.97. The van der Waals surface area contributed by atoms with Gasteiger partial charge in [0.2, 0.25) is 0 Å². The van der Waals surface area contributed by atoms with E-state index in [2.05, 4.69) is 9.88 Å². The number of aromatic nitrogens is 1. The smallest absolute Gasteiger partial charge is 0.326 e. The van der Waals surface area contributed by atoms with Gasteiger partial charge in [0.15, 0.2) is 5.13 Å². The van der Waals surface area contributed by atoms with Crippen molar-refractivity contribution in [3.8, 4) is 0 Å². The molecule has 1 aliphatic rings. The summed E-state index contributed by atoms with van der Waals surface area (Å²) in [6.45, 7) is 2.59. The number of carboxylic acid groups (broad SMARTS) is 1. The lowest BCUT2D eigenvalue weighted by Crippen LogP contribution is -2.23. The Morgan fingerprint density at radius 3 is 3.28 bits per heavy atom. The van der Waals surface area contributed by atoms with Crippen LogP contribution in [0.3, 0.4) is 0 Å². The minimum absolute atomic E-state index is 0.428. The van der Waals surface area contributed by atoms with Gasteiger partial charge in [-0.15, -0.1) is 11.3 Å². The van der Waals surface area contributed by atoms with Gasteiger partial charge >= 0.3 is 5.97 Å². The standard InChI is InChI=1S/C11H17N3O3S/c1-17-5-7-2-3-14(4-7)11-13-8(6-18-11)9(12)10(15)16/h6-7,9H,2-5,12H2,1H3,(H,15,16). The van der Waals surface area contributed by atoms with E-state index in [0.717, 1.165) is 31.2 Å². The number of ether oxygens (including phenoxy) is 1. The van der Waals surface area contributed by atoms with Gasteiger partial charge in [0.25, 0.3) is 0 Å². The first-order valence-corrected chi connectivity index (χ1v) is 6.67. The normalized spacial score (nSPS) is 21.2. The molecule has 1 saturated heterocycles. The third-order valence-electron chi connectivity index (χ3n) is 3.05. The van der Waals surface area contributed by atoms with Crippen molar-refractivity contribution in [3.63, 3.8) is 0 Å². The highest BCUT2D eigenvalue weighted by Crippen LogP contribution is 2.28. The highest BCUT2D eigenvalue weighted by molar-refractivity contribution is 7.13. The molecular weight excluding hydrogens is 254 g/mol. The molecule has 1 aliphatic heterocycles. The van der Waals surface area contributed by atoms with Crippen LogP contribution >= 0.6 is 11.3 Å². The average Bonchev–Trinajstić information content (AvgIpc) is 2.96. The van der Waals surface area contributed by atoms with Crippen molar-refractivity contribution >= 4 is 22.4 Å². The number of nitrogens with zero attached hydrogens (tertiary/aromatic N) is 2. The van der Waals surface area contributed by atoms with Crippen molar-refractivity contribution in [3.05, 3.63) is 11.1 Å². The van der Waals surface area contributed by atoms with Crippen molar-refractivity contribution < 1.29 is 14.6 Å². The van der Waals surface area contributed by atoms with E-state index in [0.29, 0.717) is 11.6 Å². The molecule has 1 aromatic rings. The molecule has 0 aliphatic carbocycles. The highest BCUT2D eigenvalue weighted by Gasteiger charge is 2.26. The summed E-state index contributed by atoms with van der Waals surface area (Å²) in [6.07, 6.45) is 1.08. The number of aliphatic carboxylic acids is 1. The van der Waals surface area contributed by atoms with Crippen LogP contribution in [0.25, 0.3) is 0 Å². The Balaban J connectivity index is 2.01. The molecule has 2 rings (SSSR count). The number of nitrogens with two attached hydrogens (primary N) is 1. The Kier molecular flexibility index (Phi) is 4.15. The lowest BCUT2D eigenvalue weighted by atomic mass is 10.1. The molecule has 1 aromatic heterocycles. The lowest BCUT2D eigenvalue weighted by molar-refractivity contribution is -0.138. The van der Waals surface area contributed by atoms with Gasteiger partial charge in [0.05, 0.1) is 12.3 Å². The van der Waals surface area contributed by atoms with Gasteiger partial charge in [0.1, 0.15) is 6.04 Å². The first kappa shape index (κ1) is 13.3. The number of thiazole rings is 1. The zero-order valence-corrected chi connectivity index (χ0v) is 11.0. The molecule has 3 N–H and O–H groups in total. The fourth-order valence-electron chi connectivity index (χ4n) is 2.07. The van der Waals surface area contributed by atoms with Crippen molar-refractivity contribution in [2.24, 2.45) is 11.7 Å². The van der Waals surface area contributed by atoms with Crippen LogP contribution in [0.5, 0.6) is 0 Å². The summed E-state index contributed by atoms with van der Waals surface area (Å²) in [5, 5.41) is 11.4. The minimum Gasteiger partial charge on any atom is -0.480 e. The molecule has 0 aromatic carbocycles. The zero-order valence-electron chi connectivity index (χ0n) is 10.2. The molecule has 2 unspecified atom stereocenters. The molecule has 2 atom stereocenters. The molecule has 0 radical (unpaired) electrons. The highest BCUT2D eigenvalue weighted by atomic mass is 32.1.